The molecule has 1 aliphatic rings. The summed E-state index contributed by atoms with van der Waals surface area (Å²) in [4.78, 5) is 20.1. The van der Waals surface area contributed by atoms with Gasteiger partial charge in [0, 0.05) is 24.8 Å². The molecule has 0 N–H and O–H groups in total. The van der Waals surface area contributed by atoms with Crippen molar-refractivity contribution in [3.63, 3.8) is 0 Å². The number of amides is 1. The van der Waals surface area contributed by atoms with Crippen molar-refractivity contribution >= 4 is 11.6 Å². The normalized spacial score (nSPS) is 19.7. The topological polar surface area (TPSA) is 46.8 Å². The summed E-state index contributed by atoms with van der Waals surface area (Å²) in [6.07, 6.45) is 2.46. The monoisotopic (exact) mass is 391 g/mol. The lowest BCUT2D eigenvalue weighted by atomic mass is 10.0. The maximum absolute atomic E-state index is 13.2. The molecule has 29 heavy (non-hydrogen) atoms. The molecule has 3 aromatic rings. The molecule has 1 saturated heterocycles. The third-order valence-corrected chi connectivity index (χ3v) is 5.82. The number of pyridine rings is 1. The zero-order valence-corrected chi connectivity index (χ0v) is 17.9. The molecule has 0 aliphatic carbocycles. The molecule has 4 rings (SSSR count). The van der Waals surface area contributed by atoms with Crippen LogP contribution in [0, 0.1) is 20.8 Å². The average molecular weight is 392 g/mol. The zero-order chi connectivity index (χ0) is 20.7. The van der Waals surface area contributed by atoms with Crippen molar-refractivity contribution in [2.75, 3.05) is 13.1 Å². The number of carbonyl (C=O) groups excluding carboxylic acids is 1. The van der Waals surface area contributed by atoms with Gasteiger partial charge in [-0.2, -0.15) is 0 Å². The molecule has 5 heteroatoms. The second-order valence-corrected chi connectivity index (χ2v) is 8.32. The number of nitrogens with zero attached hydrogens (tertiary/aromatic N) is 3. The summed E-state index contributed by atoms with van der Waals surface area (Å²) in [6.45, 7) is 11.6. The Morgan fingerprint density at radius 1 is 1.07 bits per heavy atom. The Bertz CT molecular complexity index is 1060. The number of aryl methyl sites for hydroxylation is 3. The van der Waals surface area contributed by atoms with Crippen LogP contribution >= 0.6 is 0 Å². The van der Waals surface area contributed by atoms with E-state index in [2.05, 4.69) is 49.4 Å². The molecule has 1 aromatic carbocycles. The number of hydrogen-bond acceptors (Lipinski definition) is 3. The third-order valence-electron chi connectivity index (χ3n) is 5.82. The number of benzene rings is 1. The Kier molecular flexibility index (Phi) is 5.17. The van der Waals surface area contributed by atoms with Crippen molar-refractivity contribution in [2.45, 2.75) is 53.2 Å². The number of morpholine rings is 1. The van der Waals surface area contributed by atoms with Gasteiger partial charge in [0.05, 0.1) is 30.0 Å². The summed E-state index contributed by atoms with van der Waals surface area (Å²) in [7, 11) is 0. The number of imidazole rings is 1. The Balaban J connectivity index is 1.77. The van der Waals surface area contributed by atoms with Crippen molar-refractivity contribution in [1.82, 2.24) is 14.3 Å². The quantitative estimate of drug-likeness (QED) is 0.675. The van der Waals surface area contributed by atoms with Gasteiger partial charge in [-0.15, -0.1) is 0 Å². The summed E-state index contributed by atoms with van der Waals surface area (Å²) in [5, 5.41) is 0. The molecule has 1 fully saturated rings. The van der Waals surface area contributed by atoms with E-state index in [0.29, 0.717) is 19.5 Å². The van der Waals surface area contributed by atoms with Gasteiger partial charge in [0.15, 0.2) is 0 Å². The molecule has 0 spiro atoms. The minimum atomic E-state index is 0.0614. The van der Waals surface area contributed by atoms with Gasteiger partial charge in [-0.1, -0.05) is 18.2 Å². The second-order valence-electron chi connectivity index (χ2n) is 8.32. The van der Waals surface area contributed by atoms with E-state index in [9.17, 15) is 4.79 Å². The second kappa shape index (κ2) is 7.64. The highest BCUT2D eigenvalue weighted by molar-refractivity contribution is 5.82. The number of carbonyl (C=O) groups is 1. The van der Waals surface area contributed by atoms with Crippen LogP contribution in [-0.2, 0) is 16.0 Å². The first-order valence-corrected chi connectivity index (χ1v) is 10.3. The molecule has 5 nitrogen and oxygen atoms in total. The van der Waals surface area contributed by atoms with Crippen LogP contribution in [0.25, 0.3) is 16.9 Å². The molecule has 152 valence electrons. The average Bonchev–Trinajstić information content (AvgIpc) is 3.03. The van der Waals surface area contributed by atoms with E-state index < -0.39 is 0 Å². The lowest BCUT2D eigenvalue weighted by molar-refractivity contribution is -0.142. The van der Waals surface area contributed by atoms with E-state index in [1.54, 1.807) is 0 Å². The Hall–Kier alpha value is -2.66. The largest absolute Gasteiger partial charge is 0.372 e. The minimum Gasteiger partial charge on any atom is -0.372 e. The summed E-state index contributed by atoms with van der Waals surface area (Å²) >= 11 is 0. The molecule has 3 heterocycles. The molecule has 0 saturated carbocycles. The fourth-order valence-electron chi connectivity index (χ4n) is 4.18. The Labute approximate surface area is 172 Å². The van der Waals surface area contributed by atoms with Crippen molar-refractivity contribution in [3.05, 3.63) is 58.9 Å². The molecule has 2 aromatic heterocycles. The highest BCUT2D eigenvalue weighted by atomic mass is 16.5. The Morgan fingerprint density at radius 3 is 2.48 bits per heavy atom. The lowest BCUT2D eigenvalue weighted by Gasteiger charge is -2.35. The minimum absolute atomic E-state index is 0.0614. The fraction of sp³-hybridized carbons (Fsp3) is 0.417. The van der Waals surface area contributed by atoms with E-state index in [-0.39, 0.29) is 18.1 Å². The standard InChI is InChI=1S/C24H29N3O2/c1-15-8-9-20(11-17(15)3)23-21(27-10-6-7-16(2)24(27)25-23)12-22(28)26-13-18(4)29-19(5)14-26/h6-11,18-19H,12-14H2,1-5H3. The summed E-state index contributed by atoms with van der Waals surface area (Å²) in [5.41, 5.74) is 7.39. The van der Waals surface area contributed by atoms with Gasteiger partial charge in [0.25, 0.3) is 0 Å². The van der Waals surface area contributed by atoms with Crippen LogP contribution < -0.4 is 0 Å². The van der Waals surface area contributed by atoms with Gasteiger partial charge < -0.3 is 14.0 Å². The van der Waals surface area contributed by atoms with Crippen LogP contribution in [0.1, 0.15) is 36.2 Å². The molecule has 1 aliphatic heterocycles. The van der Waals surface area contributed by atoms with Crippen molar-refractivity contribution in [1.29, 1.82) is 0 Å². The highest BCUT2D eigenvalue weighted by Gasteiger charge is 2.27. The highest BCUT2D eigenvalue weighted by Crippen LogP contribution is 2.28. The van der Waals surface area contributed by atoms with Crippen molar-refractivity contribution in [2.24, 2.45) is 0 Å². The van der Waals surface area contributed by atoms with Gasteiger partial charge in [-0.05, 0) is 63.4 Å². The number of ether oxygens (including phenoxy) is 1. The number of aromatic nitrogens is 2. The molecular formula is C24H29N3O2. The van der Waals surface area contributed by atoms with Crippen LogP contribution in [-0.4, -0.2) is 45.5 Å². The smallest absolute Gasteiger partial charge is 0.228 e. The predicted octanol–water partition coefficient (Wildman–Crippen LogP) is 4.10. The summed E-state index contributed by atoms with van der Waals surface area (Å²) in [5.74, 6) is 0.125. The van der Waals surface area contributed by atoms with E-state index in [1.165, 1.54) is 11.1 Å². The number of rotatable bonds is 3. The van der Waals surface area contributed by atoms with E-state index in [4.69, 9.17) is 9.72 Å². The number of fused-ring (bicyclic) bond motifs is 1. The molecule has 1 amide bonds. The van der Waals surface area contributed by atoms with Crippen LogP contribution in [0.2, 0.25) is 0 Å². The Morgan fingerprint density at radius 2 is 1.79 bits per heavy atom. The van der Waals surface area contributed by atoms with Crippen LogP contribution in [0.15, 0.2) is 36.5 Å². The first-order chi connectivity index (χ1) is 13.8. The van der Waals surface area contributed by atoms with E-state index >= 15 is 0 Å². The maximum Gasteiger partial charge on any atom is 0.228 e. The number of hydrogen-bond donors (Lipinski definition) is 0. The fourth-order valence-corrected chi connectivity index (χ4v) is 4.18. The van der Waals surface area contributed by atoms with Crippen molar-refractivity contribution < 1.29 is 9.53 Å². The van der Waals surface area contributed by atoms with Crippen LogP contribution in [0.5, 0.6) is 0 Å². The first kappa shape index (κ1) is 19.6. The molecule has 0 radical (unpaired) electrons. The van der Waals surface area contributed by atoms with E-state index in [0.717, 1.165) is 28.2 Å². The van der Waals surface area contributed by atoms with Crippen LogP contribution in [0.4, 0.5) is 0 Å². The van der Waals surface area contributed by atoms with Gasteiger partial charge in [0.2, 0.25) is 5.91 Å². The summed E-state index contributed by atoms with van der Waals surface area (Å²) in [6, 6.07) is 10.5. The van der Waals surface area contributed by atoms with E-state index in [1.807, 2.05) is 31.0 Å². The predicted molar refractivity (Wildman–Crippen MR) is 115 cm³/mol. The maximum atomic E-state index is 13.2. The summed E-state index contributed by atoms with van der Waals surface area (Å²) < 4.78 is 7.87. The molecule has 2 unspecified atom stereocenters. The van der Waals surface area contributed by atoms with Gasteiger partial charge in [-0.3, -0.25) is 4.79 Å². The van der Waals surface area contributed by atoms with Crippen LogP contribution in [0.3, 0.4) is 0 Å². The van der Waals surface area contributed by atoms with Gasteiger partial charge >= 0.3 is 0 Å². The SMILES string of the molecule is Cc1ccc(-c2nc3c(C)cccn3c2CC(=O)N2CC(C)OC(C)C2)cc1C. The lowest BCUT2D eigenvalue weighted by Crippen LogP contribution is -2.48. The third kappa shape index (κ3) is 3.79. The molecule has 0 bridgehead atoms. The van der Waals surface area contributed by atoms with Gasteiger partial charge in [-0.25, -0.2) is 4.98 Å². The molecular weight excluding hydrogens is 362 g/mol. The first-order valence-electron chi connectivity index (χ1n) is 10.3. The molecule has 2 atom stereocenters. The zero-order valence-electron chi connectivity index (χ0n) is 17.9. The van der Waals surface area contributed by atoms with Crippen molar-refractivity contribution in [3.8, 4) is 11.3 Å². The van der Waals surface area contributed by atoms with Gasteiger partial charge in [0.1, 0.15) is 5.65 Å².